The lowest BCUT2D eigenvalue weighted by Crippen LogP contribution is -2.47. The zero-order chi connectivity index (χ0) is 11.2. The van der Waals surface area contributed by atoms with Gasteiger partial charge in [-0.15, -0.1) is 0 Å². The Kier molecular flexibility index (Phi) is 5.11. The first kappa shape index (κ1) is 12.4. The van der Waals surface area contributed by atoms with Crippen LogP contribution in [-0.2, 0) is 0 Å². The van der Waals surface area contributed by atoms with Crippen LogP contribution in [0.15, 0.2) is 0 Å². The number of nitrogens with zero attached hydrogens (tertiary/aromatic N) is 1. The molecule has 0 aromatic heterocycles. The van der Waals surface area contributed by atoms with Gasteiger partial charge in [0.2, 0.25) is 0 Å². The number of hydrogen-bond acceptors (Lipinski definition) is 2. The fourth-order valence-corrected chi connectivity index (χ4v) is 3.35. The molecule has 0 radical (unpaired) electrons. The molecule has 1 aliphatic carbocycles. The molecular weight excluding hydrogens is 196 g/mol. The number of piperidine rings is 1. The minimum Gasteiger partial charge on any atom is -0.313 e. The van der Waals surface area contributed by atoms with Crippen LogP contribution in [-0.4, -0.2) is 36.6 Å². The van der Waals surface area contributed by atoms with Crippen molar-refractivity contribution in [3.63, 3.8) is 0 Å². The Morgan fingerprint density at radius 3 is 2.38 bits per heavy atom. The summed E-state index contributed by atoms with van der Waals surface area (Å²) in [6.07, 6.45) is 11.5. The van der Waals surface area contributed by atoms with Gasteiger partial charge in [0.15, 0.2) is 0 Å². The number of hydrogen-bond donors (Lipinski definition) is 1. The molecule has 16 heavy (non-hydrogen) atoms. The van der Waals surface area contributed by atoms with Crippen LogP contribution >= 0.6 is 0 Å². The van der Waals surface area contributed by atoms with E-state index in [1.165, 1.54) is 71.0 Å². The highest BCUT2D eigenvalue weighted by Crippen LogP contribution is 2.23. The molecule has 0 unspecified atom stereocenters. The van der Waals surface area contributed by atoms with Gasteiger partial charge < -0.3 is 5.32 Å². The van der Waals surface area contributed by atoms with E-state index in [2.05, 4.69) is 17.1 Å². The minimum absolute atomic E-state index is 0.774. The fourth-order valence-electron chi connectivity index (χ4n) is 3.35. The third-order valence-electron chi connectivity index (χ3n) is 4.36. The van der Waals surface area contributed by atoms with Gasteiger partial charge in [0.25, 0.3) is 0 Å². The molecule has 1 saturated carbocycles. The molecule has 0 aromatic carbocycles. The maximum Gasteiger partial charge on any atom is 0.0195 e. The first-order chi connectivity index (χ1) is 7.90. The number of nitrogens with one attached hydrogen (secondary N) is 1. The van der Waals surface area contributed by atoms with Crippen LogP contribution in [0.25, 0.3) is 0 Å². The van der Waals surface area contributed by atoms with Crippen molar-refractivity contribution in [2.75, 3.05) is 19.6 Å². The molecule has 1 saturated heterocycles. The Labute approximate surface area is 101 Å². The highest BCUT2D eigenvalue weighted by atomic mass is 15.2. The van der Waals surface area contributed by atoms with Crippen molar-refractivity contribution in [1.82, 2.24) is 10.2 Å². The average Bonchev–Trinajstić information content (AvgIpc) is 2.38. The Bertz CT molecular complexity index is 181. The summed E-state index contributed by atoms with van der Waals surface area (Å²) in [5.74, 6) is 0. The van der Waals surface area contributed by atoms with E-state index < -0.39 is 0 Å². The summed E-state index contributed by atoms with van der Waals surface area (Å²) >= 11 is 0. The van der Waals surface area contributed by atoms with E-state index in [1.807, 2.05) is 0 Å². The largest absolute Gasteiger partial charge is 0.313 e. The lowest BCUT2D eigenvalue weighted by atomic mass is 9.93. The van der Waals surface area contributed by atoms with Gasteiger partial charge in [0.1, 0.15) is 0 Å². The van der Waals surface area contributed by atoms with Gasteiger partial charge in [0.05, 0.1) is 0 Å². The summed E-state index contributed by atoms with van der Waals surface area (Å²) in [6.45, 7) is 6.11. The molecule has 0 aromatic rings. The van der Waals surface area contributed by atoms with Gasteiger partial charge in [-0.25, -0.2) is 0 Å². The number of likely N-dealkylation sites (N-methyl/N-ethyl adjacent to an activating group) is 1. The Balaban J connectivity index is 1.78. The predicted octanol–water partition coefficient (Wildman–Crippen LogP) is 2.78. The van der Waals surface area contributed by atoms with Gasteiger partial charge >= 0.3 is 0 Å². The highest BCUT2D eigenvalue weighted by Gasteiger charge is 2.23. The molecule has 2 rings (SSSR count). The normalized spacial score (nSPS) is 28.5. The average molecular weight is 224 g/mol. The second-order valence-electron chi connectivity index (χ2n) is 5.53. The lowest BCUT2D eigenvalue weighted by Gasteiger charge is -2.37. The summed E-state index contributed by atoms with van der Waals surface area (Å²) in [6, 6.07) is 1.66. The molecule has 94 valence electrons. The molecule has 2 aliphatic rings. The van der Waals surface area contributed by atoms with E-state index in [0.717, 1.165) is 12.1 Å². The lowest BCUT2D eigenvalue weighted by molar-refractivity contribution is 0.141. The second-order valence-corrected chi connectivity index (χ2v) is 5.53. The van der Waals surface area contributed by atoms with E-state index in [4.69, 9.17) is 0 Å². The standard InChI is InChI=1S/C14H28N2/c1-2-16(14-9-4-3-5-10-14)12-13-8-6-7-11-15-13/h13-15H,2-12H2,1H3/t13-/m0/s1. The topological polar surface area (TPSA) is 15.3 Å². The van der Waals surface area contributed by atoms with Gasteiger partial charge in [-0.1, -0.05) is 32.6 Å². The Morgan fingerprint density at radius 2 is 1.75 bits per heavy atom. The third kappa shape index (κ3) is 3.46. The summed E-state index contributed by atoms with van der Waals surface area (Å²) in [5, 5.41) is 3.68. The Hall–Kier alpha value is -0.0800. The van der Waals surface area contributed by atoms with Crippen molar-refractivity contribution < 1.29 is 0 Å². The second kappa shape index (κ2) is 6.61. The maximum atomic E-state index is 3.68. The van der Waals surface area contributed by atoms with Crippen molar-refractivity contribution in [3.8, 4) is 0 Å². The van der Waals surface area contributed by atoms with Crippen LogP contribution in [0, 0.1) is 0 Å². The van der Waals surface area contributed by atoms with Crippen molar-refractivity contribution in [3.05, 3.63) is 0 Å². The highest BCUT2D eigenvalue weighted by molar-refractivity contribution is 4.81. The summed E-state index contributed by atoms with van der Waals surface area (Å²) in [4.78, 5) is 2.74. The van der Waals surface area contributed by atoms with Crippen LogP contribution in [0.4, 0.5) is 0 Å². The van der Waals surface area contributed by atoms with Gasteiger partial charge in [-0.2, -0.15) is 0 Å². The van der Waals surface area contributed by atoms with Crippen LogP contribution in [0.5, 0.6) is 0 Å². The zero-order valence-electron chi connectivity index (χ0n) is 10.9. The summed E-state index contributed by atoms with van der Waals surface area (Å²) < 4.78 is 0. The molecule has 0 amide bonds. The molecule has 2 heteroatoms. The van der Waals surface area contributed by atoms with E-state index in [9.17, 15) is 0 Å². The summed E-state index contributed by atoms with van der Waals surface area (Å²) in [5.41, 5.74) is 0. The Morgan fingerprint density at radius 1 is 1.00 bits per heavy atom. The smallest absolute Gasteiger partial charge is 0.0195 e. The maximum absolute atomic E-state index is 3.68. The first-order valence-electron chi connectivity index (χ1n) is 7.37. The van der Waals surface area contributed by atoms with Crippen molar-refractivity contribution in [1.29, 1.82) is 0 Å². The molecular formula is C14H28N2. The molecule has 2 fully saturated rings. The van der Waals surface area contributed by atoms with E-state index in [0.29, 0.717) is 0 Å². The van der Waals surface area contributed by atoms with E-state index in [-0.39, 0.29) is 0 Å². The van der Waals surface area contributed by atoms with E-state index >= 15 is 0 Å². The van der Waals surface area contributed by atoms with Crippen LogP contribution in [0.2, 0.25) is 0 Å². The van der Waals surface area contributed by atoms with Crippen molar-refractivity contribution in [2.24, 2.45) is 0 Å². The van der Waals surface area contributed by atoms with Crippen LogP contribution in [0.3, 0.4) is 0 Å². The summed E-state index contributed by atoms with van der Waals surface area (Å²) in [7, 11) is 0. The van der Waals surface area contributed by atoms with Crippen LogP contribution in [0.1, 0.15) is 58.3 Å². The molecule has 1 N–H and O–H groups in total. The minimum atomic E-state index is 0.774. The molecule has 0 spiro atoms. The van der Waals surface area contributed by atoms with E-state index in [1.54, 1.807) is 0 Å². The fraction of sp³-hybridized carbons (Fsp3) is 1.00. The molecule has 1 aliphatic heterocycles. The molecule has 1 heterocycles. The molecule has 0 bridgehead atoms. The molecule has 2 nitrogen and oxygen atoms in total. The van der Waals surface area contributed by atoms with Crippen molar-refractivity contribution >= 4 is 0 Å². The van der Waals surface area contributed by atoms with Gasteiger partial charge in [-0.05, 0) is 38.8 Å². The van der Waals surface area contributed by atoms with Crippen LogP contribution < -0.4 is 5.32 Å². The predicted molar refractivity (Wildman–Crippen MR) is 69.8 cm³/mol. The van der Waals surface area contributed by atoms with Crippen molar-refractivity contribution in [2.45, 2.75) is 70.4 Å². The van der Waals surface area contributed by atoms with Gasteiger partial charge in [-0.3, -0.25) is 4.90 Å². The SMILES string of the molecule is CCN(C[C@@H]1CCCCN1)C1CCCCC1. The van der Waals surface area contributed by atoms with Gasteiger partial charge in [0, 0.05) is 18.6 Å². The third-order valence-corrected chi connectivity index (χ3v) is 4.36. The number of rotatable bonds is 4. The molecule has 1 atom stereocenters. The first-order valence-corrected chi connectivity index (χ1v) is 7.37. The quantitative estimate of drug-likeness (QED) is 0.790. The monoisotopic (exact) mass is 224 g/mol. The zero-order valence-corrected chi connectivity index (χ0v) is 10.9.